The van der Waals surface area contributed by atoms with Crippen LogP contribution in [0.25, 0.3) is 31.8 Å². The molecule has 0 radical (unpaired) electrons. The average molecular weight is 451 g/mol. The van der Waals surface area contributed by atoms with Gasteiger partial charge in [0.05, 0.1) is 33.9 Å². The van der Waals surface area contributed by atoms with Crippen molar-refractivity contribution < 1.29 is 13.9 Å². The molecule has 0 spiro atoms. The number of methoxy groups -OCH3 is 1. The number of ether oxygens (including phenoxy) is 1. The first-order valence-corrected chi connectivity index (χ1v) is 10.5. The second kappa shape index (κ2) is 7.64. The highest BCUT2D eigenvalue weighted by Crippen LogP contribution is 2.42. The Balaban J connectivity index is 1.69. The first-order chi connectivity index (χ1) is 15.0. The van der Waals surface area contributed by atoms with Crippen LogP contribution >= 0.6 is 22.9 Å². The fourth-order valence-electron chi connectivity index (χ4n) is 3.33. The van der Waals surface area contributed by atoms with Crippen LogP contribution in [0.1, 0.15) is 16.1 Å². The Morgan fingerprint density at radius 1 is 1.03 bits per heavy atom. The minimum atomic E-state index is -0.515. The van der Waals surface area contributed by atoms with Gasteiger partial charge >= 0.3 is 5.97 Å². The van der Waals surface area contributed by atoms with Gasteiger partial charge in [-0.25, -0.2) is 19.7 Å². The molecule has 1 N–H and O–H groups in total. The molecule has 5 rings (SSSR count). The lowest BCUT2D eigenvalue weighted by atomic mass is 10.1. The van der Waals surface area contributed by atoms with E-state index in [4.69, 9.17) is 25.7 Å². The number of hydrogen-bond acceptors (Lipinski definition) is 8. The second-order valence-corrected chi connectivity index (χ2v) is 8.08. The third-order valence-electron chi connectivity index (χ3n) is 4.74. The van der Waals surface area contributed by atoms with Gasteiger partial charge in [-0.2, -0.15) is 0 Å². The fourth-order valence-corrected chi connectivity index (χ4v) is 4.52. The van der Waals surface area contributed by atoms with Crippen LogP contribution in [0.2, 0.25) is 5.15 Å². The lowest BCUT2D eigenvalue weighted by Gasteiger charge is -2.07. The largest absolute Gasteiger partial charge is 0.465 e. The SMILES string of the molecule is COC(=O)c1c(C)oc(Nc2nc3ccccc3nc2Cl)c1-c1nc2ccccc2s1. The van der Waals surface area contributed by atoms with Gasteiger partial charge in [0.15, 0.2) is 11.0 Å². The molecule has 31 heavy (non-hydrogen) atoms. The summed E-state index contributed by atoms with van der Waals surface area (Å²) in [5.41, 5.74) is 2.97. The van der Waals surface area contributed by atoms with Gasteiger partial charge in [0.1, 0.15) is 16.3 Å². The molecule has 9 heteroatoms. The van der Waals surface area contributed by atoms with Crippen LogP contribution in [-0.4, -0.2) is 28.0 Å². The summed E-state index contributed by atoms with van der Waals surface area (Å²) in [5.74, 6) is 0.490. The van der Waals surface area contributed by atoms with Crippen molar-refractivity contribution >= 4 is 61.9 Å². The molecule has 0 aliphatic heterocycles. The minimum Gasteiger partial charge on any atom is -0.465 e. The summed E-state index contributed by atoms with van der Waals surface area (Å²) in [7, 11) is 1.33. The molecule has 0 unspecified atom stereocenters. The average Bonchev–Trinajstić information content (AvgIpc) is 3.34. The molecule has 0 bridgehead atoms. The number of benzene rings is 2. The number of carbonyl (C=O) groups excluding carboxylic acids is 1. The Hall–Kier alpha value is -3.49. The zero-order chi connectivity index (χ0) is 21.5. The molecule has 7 nitrogen and oxygen atoms in total. The van der Waals surface area contributed by atoms with Crippen molar-refractivity contribution in [2.75, 3.05) is 12.4 Å². The van der Waals surface area contributed by atoms with E-state index in [-0.39, 0.29) is 5.15 Å². The number of fused-ring (bicyclic) bond motifs is 2. The quantitative estimate of drug-likeness (QED) is 0.336. The molecule has 0 saturated carbocycles. The maximum absolute atomic E-state index is 12.6. The van der Waals surface area contributed by atoms with Crippen molar-refractivity contribution in [1.29, 1.82) is 0 Å². The summed E-state index contributed by atoms with van der Waals surface area (Å²) >= 11 is 7.82. The Morgan fingerprint density at radius 2 is 1.71 bits per heavy atom. The number of anilines is 2. The van der Waals surface area contributed by atoms with E-state index in [1.54, 1.807) is 6.92 Å². The summed E-state index contributed by atoms with van der Waals surface area (Å²) in [4.78, 5) is 26.2. The highest BCUT2D eigenvalue weighted by Gasteiger charge is 2.28. The van der Waals surface area contributed by atoms with Crippen LogP contribution in [0.15, 0.2) is 52.9 Å². The van der Waals surface area contributed by atoms with Gasteiger partial charge < -0.3 is 14.5 Å². The van der Waals surface area contributed by atoms with E-state index in [0.717, 1.165) is 10.2 Å². The van der Waals surface area contributed by atoms with E-state index in [1.807, 2.05) is 48.5 Å². The Morgan fingerprint density at radius 3 is 2.42 bits per heavy atom. The van der Waals surface area contributed by atoms with Crippen molar-refractivity contribution in [3.63, 3.8) is 0 Å². The number of hydrogen-bond donors (Lipinski definition) is 1. The second-order valence-electron chi connectivity index (χ2n) is 6.69. The van der Waals surface area contributed by atoms with Crippen LogP contribution in [0, 0.1) is 6.92 Å². The number of rotatable bonds is 4. The van der Waals surface area contributed by atoms with E-state index in [9.17, 15) is 4.79 Å². The highest BCUT2D eigenvalue weighted by atomic mass is 35.5. The smallest absolute Gasteiger partial charge is 0.342 e. The van der Waals surface area contributed by atoms with Crippen molar-refractivity contribution in [3.05, 3.63) is 65.0 Å². The molecule has 0 atom stereocenters. The molecule has 2 aromatic carbocycles. The molecule has 0 fully saturated rings. The van der Waals surface area contributed by atoms with Crippen molar-refractivity contribution in [2.24, 2.45) is 0 Å². The van der Waals surface area contributed by atoms with Gasteiger partial charge in [0, 0.05) is 0 Å². The molecule has 3 heterocycles. The third-order valence-corrected chi connectivity index (χ3v) is 6.06. The van der Waals surface area contributed by atoms with Gasteiger partial charge in [-0.15, -0.1) is 11.3 Å². The molecule has 154 valence electrons. The van der Waals surface area contributed by atoms with E-state index >= 15 is 0 Å². The normalized spacial score (nSPS) is 11.2. The van der Waals surface area contributed by atoms with Gasteiger partial charge in [0.2, 0.25) is 5.88 Å². The number of nitrogens with zero attached hydrogens (tertiary/aromatic N) is 3. The van der Waals surface area contributed by atoms with Crippen molar-refractivity contribution in [2.45, 2.75) is 6.92 Å². The molecule has 3 aromatic heterocycles. The molecular weight excluding hydrogens is 436 g/mol. The summed E-state index contributed by atoms with van der Waals surface area (Å²) in [5, 5.41) is 3.90. The van der Waals surface area contributed by atoms with E-state index < -0.39 is 5.97 Å². The molecule has 0 amide bonds. The van der Waals surface area contributed by atoms with Crippen molar-refractivity contribution in [3.8, 4) is 10.6 Å². The summed E-state index contributed by atoms with van der Waals surface area (Å²) < 4.78 is 11.9. The molecular formula is C22H15ClN4O3S. The maximum atomic E-state index is 12.6. The zero-order valence-electron chi connectivity index (χ0n) is 16.5. The van der Waals surface area contributed by atoms with Gasteiger partial charge in [-0.05, 0) is 31.2 Å². The Bertz CT molecular complexity index is 1430. The van der Waals surface area contributed by atoms with Crippen LogP contribution in [0.4, 0.5) is 11.7 Å². The number of para-hydroxylation sites is 3. The van der Waals surface area contributed by atoms with Crippen LogP contribution in [-0.2, 0) is 4.74 Å². The Labute approximate surface area is 185 Å². The van der Waals surface area contributed by atoms with Crippen LogP contribution in [0.5, 0.6) is 0 Å². The van der Waals surface area contributed by atoms with E-state index in [2.05, 4.69) is 15.3 Å². The summed E-state index contributed by atoms with van der Waals surface area (Å²) in [6, 6.07) is 15.1. The third kappa shape index (κ3) is 3.39. The molecule has 0 saturated heterocycles. The number of esters is 1. The number of furan rings is 1. The number of thiazole rings is 1. The number of nitrogens with one attached hydrogen (secondary N) is 1. The summed E-state index contributed by atoms with van der Waals surface area (Å²) in [6.07, 6.45) is 0. The van der Waals surface area contributed by atoms with Crippen LogP contribution < -0.4 is 5.32 Å². The fraction of sp³-hybridized carbons (Fsp3) is 0.0909. The zero-order valence-corrected chi connectivity index (χ0v) is 18.0. The predicted molar refractivity (Wildman–Crippen MR) is 121 cm³/mol. The number of aryl methyl sites for hydroxylation is 1. The number of halogens is 1. The lowest BCUT2D eigenvalue weighted by molar-refractivity contribution is 0.0599. The van der Waals surface area contributed by atoms with E-state index in [1.165, 1.54) is 18.4 Å². The van der Waals surface area contributed by atoms with Gasteiger partial charge in [-0.3, -0.25) is 0 Å². The molecule has 0 aliphatic rings. The summed E-state index contributed by atoms with van der Waals surface area (Å²) in [6.45, 7) is 1.70. The van der Waals surface area contributed by atoms with E-state index in [0.29, 0.717) is 44.6 Å². The molecule has 5 aromatic rings. The van der Waals surface area contributed by atoms with Crippen LogP contribution in [0.3, 0.4) is 0 Å². The monoisotopic (exact) mass is 450 g/mol. The standard InChI is InChI=1S/C22H15ClN4O3S/c1-11-16(22(28)29-2)17(21-26-14-9-5-6-10-15(14)31-21)20(30-11)27-19-18(23)24-12-7-3-4-8-13(12)25-19/h3-10H,1-2H3,(H,25,27). The first kappa shape index (κ1) is 19.5. The maximum Gasteiger partial charge on any atom is 0.342 e. The van der Waals surface area contributed by atoms with Gasteiger partial charge in [0.25, 0.3) is 0 Å². The van der Waals surface area contributed by atoms with Gasteiger partial charge in [-0.1, -0.05) is 35.9 Å². The first-order valence-electron chi connectivity index (χ1n) is 9.32. The molecule has 0 aliphatic carbocycles. The topological polar surface area (TPSA) is 90.1 Å². The lowest BCUT2D eigenvalue weighted by Crippen LogP contribution is -2.04. The Kier molecular flexibility index (Phi) is 4.80. The minimum absolute atomic E-state index is 0.183. The predicted octanol–water partition coefficient (Wildman–Crippen LogP) is 5.99. The number of carbonyl (C=O) groups is 1. The number of aromatic nitrogens is 3. The van der Waals surface area contributed by atoms with Crippen molar-refractivity contribution in [1.82, 2.24) is 15.0 Å². The highest BCUT2D eigenvalue weighted by molar-refractivity contribution is 7.21.